The number of pyridine rings is 1. The molecule has 0 aliphatic carbocycles. The summed E-state index contributed by atoms with van der Waals surface area (Å²) in [6, 6.07) is 3.89. The highest BCUT2D eigenvalue weighted by molar-refractivity contribution is 5.48. The lowest BCUT2D eigenvalue weighted by atomic mass is 10.3. The van der Waals surface area contributed by atoms with Gasteiger partial charge in [0.25, 0.3) is 0 Å². The third-order valence-corrected chi connectivity index (χ3v) is 3.52. The van der Waals surface area contributed by atoms with Gasteiger partial charge in [0, 0.05) is 45.1 Å². The monoisotopic (exact) mass is 299 g/mol. The molecule has 1 N–H and O–H groups in total. The largest absolute Gasteiger partial charge is 0.365 e. The molecule has 0 aromatic carbocycles. The summed E-state index contributed by atoms with van der Waals surface area (Å²) in [5.41, 5.74) is 1.12. The van der Waals surface area contributed by atoms with Crippen LogP contribution >= 0.6 is 0 Å². The fraction of sp³-hybridized carbons (Fsp3) is 0.357. The molecule has 114 valence electrons. The molecule has 2 aromatic heterocycles. The molecule has 0 spiro atoms. The predicted molar refractivity (Wildman–Crippen MR) is 81.2 cm³/mol. The van der Waals surface area contributed by atoms with Gasteiger partial charge in [0.15, 0.2) is 5.82 Å². The van der Waals surface area contributed by atoms with Crippen molar-refractivity contribution in [3.8, 4) is 0 Å². The van der Waals surface area contributed by atoms with Gasteiger partial charge in [-0.3, -0.25) is 9.78 Å². The second-order valence-corrected chi connectivity index (χ2v) is 4.98. The average Bonchev–Trinajstić information content (AvgIpc) is 2.61. The third kappa shape index (κ3) is 3.46. The Labute approximate surface area is 128 Å². The van der Waals surface area contributed by atoms with E-state index in [1.165, 1.54) is 0 Å². The molecule has 0 radical (unpaired) electrons. The molecular weight excluding hydrogens is 282 g/mol. The van der Waals surface area contributed by atoms with Gasteiger partial charge in [0.05, 0.1) is 6.20 Å². The van der Waals surface area contributed by atoms with E-state index in [-0.39, 0.29) is 0 Å². The Kier molecular flexibility index (Phi) is 4.38. The zero-order valence-corrected chi connectivity index (χ0v) is 12.1. The summed E-state index contributed by atoms with van der Waals surface area (Å²) in [4.78, 5) is 23.0. The fourth-order valence-electron chi connectivity index (χ4n) is 2.23. The van der Waals surface area contributed by atoms with Crippen LogP contribution in [0.15, 0.2) is 30.7 Å². The van der Waals surface area contributed by atoms with E-state index >= 15 is 0 Å². The lowest BCUT2D eigenvalue weighted by Gasteiger charge is -2.32. The smallest absolute Gasteiger partial charge is 0.247 e. The lowest BCUT2D eigenvalue weighted by molar-refractivity contribution is -0.118. The van der Waals surface area contributed by atoms with Crippen molar-refractivity contribution >= 4 is 18.2 Å². The number of piperazine rings is 1. The Bertz CT molecular complexity index is 614. The van der Waals surface area contributed by atoms with E-state index in [0.717, 1.165) is 12.0 Å². The maximum absolute atomic E-state index is 10.7. The first-order valence-electron chi connectivity index (χ1n) is 7.12. The number of nitrogens with one attached hydrogen (secondary N) is 1. The van der Waals surface area contributed by atoms with E-state index < -0.39 is 0 Å². The van der Waals surface area contributed by atoms with Crippen LogP contribution in [0.5, 0.6) is 0 Å². The molecule has 1 aliphatic rings. The zero-order valence-electron chi connectivity index (χ0n) is 12.1. The molecule has 1 fully saturated rings. The summed E-state index contributed by atoms with van der Waals surface area (Å²) in [6.07, 6.45) is 6.00. The Morgan fingerprint density at radius 2 is 1.95 bits per heavy atom. The zero-order chi connectivity index (χ0) is 15.2. The summed E-state index contributed by atoms with van der Waals surface area (Å²) in [7, 11) is 0. The second-order valence-electron chi connectivity index (χ2n) is 4.98. The van der Waals surface area contributed by atoms with Gasteiger partial charge in [-0.25, -0.2) is 0 Å². The van der Waals surface area contributed by atoms with Crippen LogP contribution in [0.2, 0.25) is 0 Å². The topological polar surface area (TPSA) is 87.1 Å². The van der Waals surface area contributed by atoms with Gasteiger partial charge in [-0.05, 0) is 17.7 Å². The highest BCUT2D eigenvalue weighted by Gasteiger charge is 2.18. The molecule has 0 bridgehead atoms. The van der Waals surface area contributed by atoms with Gasteiger partial charge in [0.1, 0.15) is 0 Å². The Hall–Kier alpha value is -2.77. The SMILES string of the molecule is O=CN1CCN(c2nncc(NCc3ccncc3)n2)CC1. The maximum Gasteiger partial charge on any atom is 0.247 e. The van der Waals surface area contributed by atoms with E-state index in [2.05, 4.69) is 25.5 Å². The van der Waals surface area contributed by atoms with Gasteiger partial charge in [0.2, 0.25) is 12.4 Å². The molecule has 1 amide bonds. The number of rotatable bonds is 5. The molecule has 0 atom stereocenters. The summed E-state index contributed by atoms with van der Waals surface area (Å²) in [5, 5.41) is 11.3. The predicted octanol–water partition coefficient (Wildman–Crippen LogP) is 0.157. The van der Waals surface area contributed by atoms with E-state index in [1.807, 2.05) is 17.0 Å². The van der Waals surface area contributed by atoms with Crippen molar-refractivity contribution in [3.63, 3.8) is 0 Å². The molecule has 0 saturated carbocycles. The van der Waals surface area contributed by atoms with Crippen molar-refractivity contribution in [2.75, 3.05) is 36.4 Å². The van der Waals surface area contributed by atoms with E-state index in [1.54, 1.807) is 23.5 Å². The van der Waals surface area contributed by atoms with E-state index in [0.29, 0.717) is 44.5 Å². The van der Waals surface area contributed by atoms with Gasteiger partial charge < -0.3 is 15.1 Å². The number of hydrogen-bond acceptors (Lipinski definition) is 7. The minimum atomic E-state index is 0.588. The summed E-state index contributed by atoms with van der Waals surface area (Å²) >= 11 is 0. The molecule has 3 heterocycles. The molecular formula is C14H17N7O. The maximum atomic E-state index is 10.7. The third-order valence-electron chi connectivity index (χ3n) is 3.52. The Morgan fingerprint density at radius 3 is 2.68 bits per heavy atom. The van der Waals surface area contributed by atoms with Crippen molar-refractivity contribution in [1.29, 1.82) is 0 Å². The van der Waals surface area contributed by atoms with Crippen molar-refractivity contribution < 1.29 is 4.79 Å². The number of aromatic nitrogens is 4. The van der Waals surface area contributed by atoms with Gasteiger partial charge >= 0.3 is 0 Å². The average molecular weight is 299 g/mol. The number of hydrogen-bond donors (Lipinski definition) is 1. The first-order chi connectivity index (χ1) is 10.8. The molecule has 1 aliphatic heterocycles. The molecule has 8 nitrogen and oxygen atoms in total. The van der Waals surface area contributed by atoms with Crippen LogP contribution in [-0.2, 0) is 11.3 Å². The number of amides is 1. The molecule has 8 heteroatoms. The minimum absolute atomic E-state index is 0.588. The first-order valence-corrected chi connectivity index (χ1v) is 7.12. The lowest BCUT2D eigenvalue weighted by Crippen LogP contribution is -2.46. The highest BCUT2D eigenvalue weighted by Crippen LogP contribution is 2.12. The van der Waals surface area contributed by atoms with Gasteiger partial charge in [-0.1, -0.05) is 0 Å². The van der Waals surface area contributed by atoms with Crippen LogP contribution in [0.3, 0.4) is 0 Å². The molecule has 0 unspecified atom stereocenters. The minimum Gasteiger partial charge on any atom is -0.365 e. The highest BCUT2D eigenvalue weighted by atomic mass is 16.1. The number of anilines is 2. The van der Waals surface area contributed by atoms with E-state index in [4.69, 9.17) is 0 Å². The first kappa shape index (κ1) is 14.2. The number of carbonyl (C=O) groups excluding carboxylic acids is 1. The fourth-order valence-corrected chi connectivity index (χ4v) is 2.23. The van der Waals surface area contributed by atoms with Crippen LogP contribution in [0, 0.1) is 0 Å². The van der Waals surface area contributed by atoms with Crippen LogP contribution < -0.4 is 10.2 Å². The summed E-state index contributed by atoms with van der Waals surface area (Å²) in [5.74, 6) is 1.27. The van der Waals surface area contributed by atoms with Crippen molar-refractivity contribution in [3.05, 3.63) is 36.3 Å². The number of carbonyl (C=O) groups is 1. The van der Waals surface area contributed by atoms with Crippen LogP contribution in [0.1, 0.15) is 5.56 Å². The van der Waals surface area contributed by atoms with Crippen LogP contribution in [0.4, 0.5) is 11.8 Å². The quantitative estimate of drug-likeness (QED) is 0.787. The van der Waals surface area contributed by atoms with Gasteiger partial charge in [-0.2, -0.15) is 10.1 Å². The summed E-state index contributed by atoms with van der Waals surface area (Å²) in [6.45, 7) is 3.45. The van der Waals surface area contributed by atoms with Crippen LogP contribution in [0.25, 0.3) is 0 Å². The Balaban J connectivity index is 1.61. The molecule has 2 aromatic rings. The molecule has 22 heavy (non-hydrogen) atoms. The summed E-state index contributed by atoms with van der Waals surface area (Å²) < 4.78 is 0. The standard InChI is InChI=1S/C14H17N7O/c22-11-20-5-7-21(8-6-20)14-18-13(10-17-19-14)16-9-12-1-3-15-4-2-12/h1-4,10-11H,5-9H2,(H,16,18,19). The van der Waals surface area contributed by atoms with Crippen molar-refractivity contribution in [2.24, 2.45) is 0 Å². The second kappa shape index (κ2) is 6.79. The molecule has 3 rings (SSSR count). The molecule has 1 saturated heterocycles. The van der Waals surface area contributed by atoms with Crippen LogP contribution in [-0.4, -0.2) is 57.7 Å². The Morgan fingerprint density at radius 1 is 1.18 bits per heavy atom. The number of nitrogens with zero attached hydrogens (tertiary/aromatic N) is 6. The van der Waals surface area contributed by atoms with Gasteiger partial charge in [-0.15, -0.1) is 5.10 Å². The van der Waals surface area contributed by atoms with Crippen molar-refractivity contribution in [2.45, 2.75) is 6.54 Å². The van der Waals surface area contributed by atoms with E-state index in [9.17, 15) is 4.79 Å². The van der Waals surface area contributed by atoms with Crippen molar-refractivity contribution in [1.82, 2.24) is 25.1 Å². The normalized spacial score (nSPS) is 14.7.